The average Bonchev–Trinajstić information content (AvgIpc) is 3.47. The number of hydrogen-bond donors (Lipinski definition) is 2. The van der Waals surface area contributed by atoms with Crippen molar-refractivity contribution in [2.75, 3.05) is 19.6 Å². The molecule has 170 valence electrons. The van der Waals surface area contributed by atoms with Gasteiger partial charge in [-0.25, -0.2) is 22.6 Å². The second-order valence-electron chi connectivity index (χ2n) is 8.33. The molecule has 0 spiro atoms. The Morgan fingerprint density at radius 3 is 2.91 bits per heavy atom. The highest BCUT2D eigenvalue weighted by Gasteiger charge is 2.45. The second-order valence-corrected chi connectivity index (χ2v) is 10.2. The molecule has 11 heteroatoms. The van der Waals surface area contributed by atoms with Crippen molar-refractivity contribution in [1.29, 1.82) is 0 Å². The van der Waals surface area contributed by atoms with Gasteiger partial charge < -0.3 is 9.30 Å². The Kier molecular flexibility index (Phi) is 4.71. The number of nitrogens with zero attached hydrogens (tertiary/aromatic N) is 3. The van der Waals surface area contributed by atoms with Crippen LogP contribution in [0, 0.1) is 5.82 Å². The average molecular weight is 471 g/mol. The minimum absolute atomic E-state index is 0.0990. The molecule has 2 saturated heterocycles. The summed E-state index contributed by atoms with van der Waals surface area (Å²) in [7, 11) is -3.90. The summed E-state index contributed by atoms with van der Waals surface area (Å²) in [5, 5.41) is 5.05. The molecule has 6 rings (SSSR count). The number of amides is 1. The van der Waals surface area contributed by atoms with E-state index in [9.17, 15) is 17.6 Å². The van der Waals surface area contributed by atoms with Gasteiger partial charge in [0.15, 0.2) is 5.69 Å². The highest BCUT2D eigenvalue weighted by molar-refractivity contribution is 7.89. The number of quaternary nitrogens is 1. The molecule has 2 atom stereocenters. The van der Waals surface area contributed by atoms with Crippen molar-refractivity contribution in [3.63, 3.8) is 0 Å². The van der Waals surface area contributed by atoms with Crippen molar-refractivity contribution in [2.24, 2.45) is 0 Å². The van der Waals surface area contributed by atoms with Gasteiger partial charge in [0.05, 0.1) is 11.7 Å². The molecule has 0 aliphatic carbocycles. The van der Waals surface area contributed by atoms with E-state index in [1.807, 2.05) is 0 Å². The van der Waals surface area contributed by atoms with E-state index in [-0.39, 0.29) is 41.2 Å². The number of fused-ring (bicyclic) bond motifs is 4. The lowest BCUT2D eigenvalue weighted by Gasteiger charge is -2.20. The van der Waals surface area contributed by atoms with Gasteiger partial charge in [-0.15, -0.1) is 0 Å². The molecule has 0 bridgehead atoms. The minimum atomic E-state index is -3.90. The number of epoxide rings is 1. The van der Waals surface area contributed by atoms with Crippen LogP contribution in [0.1, 0.15) is 21.6 Å². The predicted molar refractivity (Wildman–Crippen MR) is 116 cm³/mol. The number of aromatic nitrogens is 2. The number of nitrogens with two attached hydrogens (primary N) is 1. The summed E-state index contributed by atoms with van der Waals surface area (Å²) in [6.07, 6.45) is 6.19. The van der Waals surface area contributed by atoms with Gasteiger partial charge in [-0.1, -0.05) is 12.1 Å². The lowest BCUT2D eigenvalue weighted by molar-refractivity contribution is -0.481. The van der Waals surface area contributed by atoms with Gasteiger partial charge in [0.25, 0.3) is 0 Å². The maximum Gasteiger partial charge on any atom is 0.366 e. The molecule has 1 aromatic carbocycles. The molecule has 0 saturated carbocycles. The molecule has 33 heavy (non-hydrogen) atoms. The maximum absolute atomic E-state index is 13.8. The fourth-order valence-corrected chi connectivity index (χ4v) is 6.18. The Balaban J connectivity index is 1.52. The van der Waals surface area contributed by atoms with Gasteiger partial charge in [-0.3, -0.25) is 10.6 Å². The van der Waals surface area contributed by atoms with E-state index in [4.69, 9.17) is 4.74 Å². The van der Waals surface area contributed by atoms with Gasteiger partial charge in [0.2, 0.25) is 10.0 Å². The molecular weight excluding hydrogens is 449 g/mol. The smallest absolute Gasteiger partial charge is 0.352 e. The first-order chi connectivity index (χ1) is 15.9. The molecule has 2 unspecified atom stereocenters. The molecule has 2 aromatic heterocycles. The van der Waals surface area contributed by atoms with E-state index in [0.717, 1.165) is 5.56 Å². The first kappa shape index (κ1) is 20.6. The third kappa shape index (κ3) is 3.49. The minimum Gasteiger partial charge on any atom is -0.352 e. The van der Waals surface area contributed by atoms with E-state index in [2.05, 4.69) is 10.3 Å². The van der Waals surface area contributed by atoms with Gasteiger partial charge in [0.1, 0.15) is 29.2 Å². The number of carbonyl (C=O) groups is 1. The molecule has 3 aliphatic rings. The van der Waals surface area contributed by atoms with Crippen LogP contribution in [-0.4, -0.2) is 60.1 Å². The van der Waals surface area contributed by atoms with Crippen LogP contribution in [0.15, 0.2) is 47.8 Å². The molecule has 2 fully saturated rings. The van der Waals surface area contributed by atoms with Crippen LogP contribution < -0.4 is 10.6 Å². The molecule has 3 aromatic rings. The van der Waals surface area contributed by atoms with Crippen molar-refractivity contribution in [1.82, 2.24) is 19.2 Å². The normalized spacial score (nSPS) is 22.8. The van der Waals surface area contributed by atoms with Gasteiger partial charge in [-0.05, 0) is 17.7 Å². The Morgan fingerprint density at radius 1 is 1.27 bits per heavy atom. The lowest BCUT2D eigenvalue weighted by Crippen LogP contribution is -2.83. The Hall–Kier alpha value is -2.96. The van der Waals surface area contributed by atoms with Crippen molar-refractivity contribution < 1.29 is 27.7 Å². The van der Waals surface area contributed by atoms with E-state index in [1.165, 1.54) is 28.0 Å². The van der Waals surface area contributed by atoms with Crippen LogP contribution in [0.25, 0.3) is 17.0 Å². The SMILES string of the molecule is O=C1[NH2+]C=Cc2c1ncc1c2c(S(=O)(=O)N2CCNC3OC3C2)cn1Cc1ccc(F)cc1. The third-order valence-corrected chi connectivity index (χ3v) is 8.10. The molecule has 9 nitrogen and oxygen atoms in total. The zero-order valence-corrected chi connectivity index (χ0v) is 18.3. The van der Waals surface area contributed by atoms with Crippen LogP contribution in [0.4, 0.5) is 4.39 Å². The number of carbonyl (C=O) groups excluding carboxylic acids is 1. The highest BCUT2D eigenvalue weighted by Crippen LogP contribution is 2.35. The molecule has 3 aliphatic heterocycles. The number of pyridine rings is 1. The number of halogens is 1. The fraction of sp³-hybridized carbons (Fsp3) is 0.273. The zero-order chi connectivity index (χ0) is 22.7. The fourth-order valence-electron chi connectivity index (χ4n) is 4.49. The summed E-state index contributed by atoms with van der Waals surface area (Å²) in [4.78, 5) is 16.9. The van der Waals surface area contributed by atoms with Gasteiger partial charge in [0, 0.05) is 49.4 Å². The number of rotatable bonds is 4. The first-order valence-corrected chi connectivity index (χ1v) is 12.1. The monoisotopic (exact) mass is 470 g/mol. The van der Waals surface area contributed by atoms with E-state index in [0.29, 0.717) is 36.1 Å². The van der Waals surface area contributed by atoms with Crippen LogP contribution in [0.5, 0.6) is 0 Å². The van der Waals surface area contributed by atoms with Crippen molar-refractivity contribution >= 4 is 32.9 Å². The Bertz CT molecular complexity index is 1420. The van der Waals surface area contributed by atoms with Gasteiger partial charge >= 0.3 is 5.91 Å². The lowest BCUT2D eigenvalue weighted by atomic mass is 10.1. The molecular formula is C22H21FN5O4S+. The number of primary amides is 1. The summed E-state index contributed by atoms with van der Waals surface area (Å²) in [6.45, 7) is 1.40. The Morgan fingerprint density at radius 2 is 2.09 bits per heavy atom. The highest BCUT2D eigenvalue weighted by atomic mass is 32.2. The van der Waals surface area contributed by atoms with Crippen LogP contribution in [0.3, 0.4) is 0 Å². The third-order valence-electron chi connectivity index (χ3n) is 6.23. The maximum atomic E-state index is 13.8. The quantitative estimate of drug-likeness (QED) is 0.528. The standard InChI is InChI=1S/C22H20FN5O4S/c23-14-3-1-13(2-4-14)10-27-12-18(33(30,31)28-8-7-25-22-17(11-28)32-22)19-15-5-6-24-21(29)20(15)26-9-16(19)27/h1-6,9,12,17,22,25H,7-8,10-11H2,(H,24,29)/p+1. The Labute approximate surface area is 188 Å². The number of ether oxygens (including phenoxy) is 1. The van der Waals surface area contributed by atoms with Crippen LogP contribution in [0.2, 0.25) is 0 Å². The number of sulfonamides is 1. The number of nitrogens with one attached hydrogen (secondary N) is 1. The number of hydrogen-bond acceptors (Lipinski definition) is 6. The van der Waals surface area contributed by atoms with E-state index < -0.39 is 10.0 Å². The topological polar surface area (TPSA) is 113 Å². The van der Waals surface area contributed by atoms with Crippen LogP contribution >= 0.6 is 0 Å². The molecule has 5 heterocycles. The van der Waals surface area contributed by atoms with Gasteiger partial charge in [-0.2, -0.15) is 4.31 Å². The summed E-state index contributed by atoms with van der Waals surface area (Å²) >= 11 is 0. The largest absolute Gasteiger partial charge is 0.366 e. The zero-order valence-electron chi connectivity index (χ0n) is 17.4. The summed E-state index contributed by atoms with van der Waals surface area (Å²) < 4.78 is 49.8. The second kappa shape index (κ2) is 7.54. The predicted octanol–water partition coefficient (Wildman–Crippen LogP) is 0.230. The molecule has 1 amide bonds. The summed E-state index contributed by atoms with van der Waals surface area (Å²) in [5.41, 5.74) is 2.11. The molecule has 3 N–H and O–H groups in total. The molecule has 0 radical (unpaired) electrons. The van der Waals surface area contributed by atoms with E-state index >= 15 is 0 Å². The van der Waals surface area contributed by atoms with Crippen molar-refractivity contribution in [2.45, 2.75) is 23.8 Å². The van der Waals surface area contributed by atoms with E-state index in [1.54, 1.807) is 35.2 Å². The number of benzene rings is 1. The van der Waals surface area contributed by atoms with Crippen LogP contribution in [-0.2, 0) is 21.3 Å². The van der Waals surface area contributed by atoms with Crippen molar-refractivity contribution in [3.05, 3.63) is 65.5 Å². The van der Waals surface area contributed by atoms with Crippen molar-refractivity contribution in [3.8, 4) is 0 Å². The first-order valence-electron chi connectivity index (χ1n) is 10.6. The summed E-state index contributed by atoms with van der Waals surface area (Å²) in [5.74, 6) is -0.609. The summed E-state index contributed by atoms with van der Waals surface area (Å²) in [6, 6.07) is 6.05.